The van der Waals surface area contributed by atoms with E-state index in [0.717, 1.165) is 113 Å². The number of hydrogen-bond acceptors (Lipinski definition) is 10. The second kappa shape index (κ2) is 19.9. The predicted octanol–water partition coefficient (Wildman–Crippen LogP) is 8.53. The van der Waals surface area contributed by atoms with Gasteiger partial charge >= 0.3 is 6.03 Å². The maximum Gasteiger partial charge on any atom is 0.329 e. The van der Waals surface area contributed by atoms with Gasteiger partial charge in [-0.2, -0.15) is 5.10 Å². The molecule has 77 heavy (non-hydrogen) atoms. The van der Waals surface area contributed by atoms with Crippen LogP contribution in [-0.4, -0.2) is 113 Å². The van der Waals surface area contributed by atoms with Crippen LogP contribution in [0, 0.1) is 34.8 Å². The van der Waals surface area contributed by atoms with Crippen LogP contribution in [0.1, 0.15) is 116 Å². The molecule has 2 unspecified atom stereocenters. The van der Waals surface area contributed by atoms with Gasteiger partial charge in [0.1, 0.15) is 18.2 Å². The first-order valence-corrected chi connectivity index (χ1v) is 27.9. The molecule has 4 aliphatic heterocycles. The Kier molecular flexibility index (Phi) is 13.4. The number of anilines is 1. The summed E-state index contributed by atoms with van der Waals surface area (Å²) in [6, 6.07) is 19.5. The summed E-state index contributed by atoms with van der Waals surface area (Å²) < 4.78 is 47.2. The molecule has 5 amide bonds. The van der Waals surface area contributed by atoms with Crippen molar-refractivity contribution in [2.24, 2.45) is 36.0 Å². The third-order valence-electron chi connectivity index (χ3n) is 18.8. The number of aliphatic hydroxyl groups is 1. The second-order valence-electron chi connectivity index (χ2n) is 23.4. The monoisotopic (exact) mass is 1070 g/mol. The maximum atomic E-state index is 16.7. The number of halogens is 3. The Morgan fingerprint density at radius 1 is 0.948 bits per heavy atom. The molecule has 18 heteroatoms. The molecule has 3 saturated heterocycles. The molecule has 4 aromatic carbocycles. The number of aryl methyl sites for hydroxylation is 1. The number of urea groups is 1. The number of aromatic nitrogens is 2. The molecule has 15 nitrogen and oxygen atoms in total. The lowest BCUT2D eigenvalue weighted by Crippen LogP contribution is -2.67. The molecule has 5 aromatic rings. The minimum atomic E-state index is -1.14. The first kappa shape index (κ1) is 51.6. The average Bonchev–Trinajstić information content (AvgIpc) is 4.02. The van der Waals surface area contributed by atoms with Gasteiger partial charge in [0.2, 0.25) is 17.7 Å². The lowest BCUT2D eigenvalue weighted by atomic mass is 9.46. The number of rotatable bonds is 14. The zero-order valence-corrected chi connectivity index (χ0v) is 44.5. The molecule has 5 N–H and O–H groups in total. The molecular formula is C59H67ClF2N8O7. The van der Waals surface area contributed by atoms with Crippen molar-refractivity contribution in [2.45, 2.75) is 101 Å². The van der Waals surface area contributed by atoms with E-state index in [1.165, 1.54) is 23.8 Å². The van der Waals surface area contributed by atoms with Gasteiger partial charge in [0.25, 0.3) is 0 Å². The van der Waals surface area contributed by atoms with Gasteiger partial charge in [0.15, 0.2) is 23.0 Å². The summed E-state index contributed by atoms with van der Waals surface area (Å²) in [5.41, 5.74) is 6.84. The quantitative estimate of drug-likeness (QED) is 0.0841. The van der Waals surface area contributed by atoms with E-state index < -0.39 is 40.5 Å². The maximum absolute atomic E-state index is 16.7. The molecule has 4 atom stereocenters. The summed E-state index contributed by atoms with van der Waals surface area (Å²) in [5.74, 6) is -1.06. The van der Waals surface area contributed by atoms with Gasteiger partial charge in [-0.15, -0.1) is 0 Å². The molecule has 8 aliphatic rings. The van der Waals surface area contributed by atoms with Gasteiger partial charge in [-0.1, -0.05) is 54.9 Å². The van der Waals surface area contributed by atoms with E-state index in [9.17, 15) is 19.5 Å². The van der Waals surface area contributed by atoms with Crippen molar-refractivity contribution >= 4 is 52.1 Å². The van der Waals surface area contributed by atoms with Crippen LogP contribution in [-0.2, 0) is 22.2 Å². The second-order valence-corrected chi connectivity index (χ2v) is 23.8. The van der Waals surface area contributed by atoms with Crippen LogP contribution in [0.25, 0.3) is 22.0 Å². The van der Waals surface area contributed by atoms with Crippen LogP contribution < -0.4 is 30.7 Å². The van der Waals surface area contributed by atoms with Gasteiger partial charge in [-0.3, -0.25) is 29.3 Å². The summed E-state index contributed by atoms with van der Waals surface area (Å²) in [5, 5.41) is 21.1. The topological polar surface area (TPSA) is 185 Å². The number of carbonyl (C=O) groups is 4. The van der Waals surface area contributed by atoms with Gasteiger partial charge in [-0.25, -0.2) is 13.6 Å². The van der Waals surface area contributed by atoms with Gasteiger partial charge < -0.3 is 35.4 Å². The van der Waals surface area contributed by atoms with E-state index in [4.69, 9.17) is 26.8 Å². The summed E-state index contributed by atoms with van der Waals surface area (Å²) in [6.07, 6.45) is 9.80. The Hall–Kier alpha value is -6.14. The summed E-state index contributed by atoms with van der Waals surface area (Å²) in [6.45, 7) is 6.54. The number of hydrogen-bond donors (Lipinski definition) is 4. The largest absolute Gasteiger partial charge is 0.488 e. The van der Waals surface area contributed by atoms with E-state index >= 15 is 13.6 Å². The van der Waals surface area contributed by atoms with E-state index in [1.54, 1.807) is 4.90 Å². The van der Waals surface area contributed by atoms with Gasteiger partial charge in [0.05, 0.1) is 28.1 Å². The van der Waals surface area contributed by atoms with Crippen LogP contribution in [0.3, 0.4) is 0 Å². The summed E-state index contributed by atoms with van der Waals surface area (Å²) in [7, 11) is 1.90. The van der Waals surface area contributed by atoms with Crippen LogP contribution in [0.4, 0.5) is 19.4 Å². The molecule has 7 fully saturated rings. The lowest BCUT2D eigenvalue weighted by molar-refractivity contribution is -0.163. The van der Waals surface area contributed by atoms with Crippen LogP contribution in [0.2, 0.25) is 5.02 Å². The van der Waals surface area contributed by atoms with Crippen molar-refractivity contribution in [1.82, 2.24) is 30.2 Å². The third-order valence-corrected chi connectivity index (χ3v) is 19.1. The number of nitrogens with zero attached hydrogens (tertiary/aromatic N) is 5. The highest BCUT2D eigenvalue weighted by Crippen LogP contribution is 2.63. The van der Waals surface area contributed by atoms with Crippen molar-refractivity contribution in [3.63, 3.8) is 0 Å². The fraction of sp³-hybridized carbons (Fsp3) is 0.508. The molecule has 4 aliphatic carbocycles. The van der Waals surface area contributed by atoms with Crippen molar-refractivity contribution in [1.29, 1.82) is 0 Å². The SMILES string of the molecule is C[C@H]1c2c(cc(F)c(Cl)c2-c2c(C(N)=O)ccc(OCCO)c2F)O[C@]1(CNC12CC3CC(C1)CC(C(=O)N1CCC(CN4CCC(c5ccc6c(N7CCC(=O)NC7=O)nn(C)c6c5)CC4)CC1)(C3)C2)c1ccccc1. The Morgan fingerprint density at radius 3 is 2.39 bits per heavy atom. The first-order valence-electron chi connectivity index (χ1n) is 27.6. The number of carbonyl (C=O) groups excluding carboxylic acids is 4. The van der Waals surface area contributed by atoms with Gasteiger partial charge in [0, 0.05) is 85.8 Å². The number of primary amides is 1. The van der Waals surface area contributed by atoms with E-state index in [0.29, 0.717) is 54.0 Å². The average molecular weight is 1070 g/mol. The summed E-state index contributed by atoms with van der Waals surface area (Å²) >= 11 is 6.83. The number of aliphatic hydroxyl groups excluding tert-OH is 1. The number of piperidine rings is 2. The highest BCUT2D eigenvalue weighted by atomic mass is 35.5. The van der Waals surface area contributed by atoms with Crippen molar-refractivity contribution in [3.8, 4) is 22.6 Å². The van der Waals surface area contributed by atoms with Crippen molar-refractivity contribution < 1.29 is 42.5 Å². The molecule has 4 bridgehead atoms. The molecule has 0 radical (unpaired) electrons. The number of fused-ring (bicyclic) bond motifs is 2. The standard InChI is InChI=1S/C59H67ClF2N8O7/c1-34-48-46(26-43(61)51(60)50(48)49-42(53(63)73)10-11-45(52(49)62)76-23-22-71)77-59(34,40-6-4-3-5-7-40)33-64-58-29-36-24-37(30-58)28-57(27-36,32-58)55(74)69-19-12-35(13-20-69)31-68-17-14-38(15-18-68)39-8-9-41-44(25-39)67(2)66-54(41)70-21-16-47(72)65-56(70)75/h3-11,25-26,34-38,64,71H,12-24,27-33H2,1-2H3,(H2,63,73)(H,65,72,75)/t34-,36?,37?,57?,58?,59-/m0/s1. The zero-order valence-electron chi connectivity index (χ0n) is 43.7. The van der Waals surface area contributed by atoms with Crippen molar-refractivity contribution in [3.05, 3.63) is 106 Å². The Morgan fingerprint density at radius 2 is 1.69 bits per heavy atom. The number of benzene rings is 4. The molecule has 5 heterocycles. The van der Waals surface area contributed by atoms with Crippen LogP contribution in [0.15, 0.2) is 66.7 Å². The number of nitrogens with two attached hydrogens (primary N) is 1. The Bertz CT molecular complexity index is 3160. The van der Waals surface area contributed by atoms with Gasteiger partial charge in [-0.05, 0) is 136 Å². The van der Waals surface area contributed by atoms with Crippen molar-refractivity contribution in [2.75, 3.05) is 63.9 Å². The fourth-order valence-corrected chi connectivity index (χ4v) is 15.7. The number of likely N-dealkylation sites (tertiary alicyclic amines) is 2. The highest BCUT2D eigenvalue weighted by Gasteiger charge is 2.62. The van der Waals surface area contributed by atoms with Crippen LogP contribution >= 0.6 is 11.6 Å². The molecule has 1 aromatic heterocycles. The zero-order chi connectivity index (χ0) is 53.5. The first-order chi connectivity index (χ1) is 37.1. The fourth-order valence-electron chi connectivity index (χ4n) is 15.5. The van der Waals surface area contributed by atoms with E-state index in [-0.39, 0.29) is 64.3 Å². The lowest BCUT2D eigenvalue weighted by Gasteiger charge is -2.62. The number of ether oxygens (including phenoxy) is 2. The van der Waals surface area contributed by atoms with Crippen LogP contribution in [0.5, 0.6) is 11.5 Å². The molecule has 13 rings (SSSR count). The summed E-state index contributed by atoms with van der Waals surface area (Å²) in [4.78, 5) is 58.8. The smallest absolute Gasteiger partial charge is 0.329 e. The molecule has 406 valence electrons. The Labute approximate surface area is 451 Å². The highest BCUT2D eigenvalue weighted by molar-refractivity contribution is 6.34. The molecule has 4 saturated carbocycles. The number of nitrogens with one attached hydrogen (secondary N) is 2. The molecular weight excluding hydrogens is 1010 g/mol. The predicted molar refractivity (Wildman–Crippen MR) is 287 cm³/mol. The number of amides is 5. The Balaban J connectivity index is 0.719. The van der Waals surface area contributed by atoms with E-state index in [1.807, 2.05) is 49.0 Å². The minimum absolute atomic E-state index is 0.0416. The normalized spacial score (nSPS) is 27.5. The third kappa shape index (κ3) is 9.02. The minimum Gasteiger partial charge on any atom is -0.488 e. The van der Waals surface area contributed by atoms with E-state index in [2.05, 4.69) is 43.7 Å². The number of imide groups is 1. The molecule has 0 spiro atoms.